The summed E-state index contributed by atoms with van der Waals surface area (Å²) in [5, 5.41) is 22.7. The molecule has 0 rings (SSSR count). The van der Waals surface area contributed by atoms with Crippen LogP contribution < -0.4 is 34.0 Å². The van der Waals surface area contributed by atoms with Crippen molar-refractivity contribution < 1.29 is 55.3 Å². The zero-order valence-electron chi connectivity index (χ0n) is 39.4. The van der Waals surface area contributed by atoms with Crippen LogP contribution in [0.25, 0.3) is 0 Å². The van der Waals surface area contributed by atoms with Crippen molar-refractivity contribution in [2.24, 2.45) is 11.5 Å². The maximum absolute atomic E-state index is 11.5. The van der Waals surface area contributed by atoms with Crippen molar-refractivity contribution in [3.63, 3.8) is 0 Å². The van der Waals surface area contributed by atoms with Crippen molar-refractivity contribution in [2.75, 3.05) is 0 Å². The van der Waals surface area contributed by atoms with Gasteiger partial charge in [0.2, 0.25) is 11.8 Å². The third-order valence-electron chi connectivity index (χ3n) is 11.5. The van der Waals surface area contributed by atoms with Gasteiger partial charge in [-0.3, -0.25) is 18.7 Å². The van der Waals surface area contributed by atoms with E-state index in [-0.39, 0.29) is 38.0 Å². The number of hydrogen-bond acceptors (Lipinski definition) is 10. The molecule has 0 aliphatic rings. The topological polar surface area (TPSA) is 348 Å². The largest absolute Gasteiger partial charge is 0.548 e. The van der Waals surface area contributed by atoms with Gasteiger partial charge >= 0.3 is 0 Å². The van der Waals surface area contributed by atoms with E-state index in [9.17, 15) is 55.3 Å². The summed E-state index contributed by atoms with van der Waals surface area (Å²) in [6, 6.07) is 0. The second-order valence-electron chi connectivity index (χ2n) is 16.9. The number of unbranched alkanes of at least 4 members (excludes halogenated alkanes) is 30. The lowest BCUT2D eigenvalue weighted by atomic mass is 9.95. The molecule has 62 heavy (non-hydrogen) atoms. The van der Waals surface area contributed by atoms with Crippen LogP contribution in [-0.2, 0) is 39.4 Å². The maximum atomic E-state index is 11.5. The van der Waals surface area contributed by atoms with Crippen LogP contribution in [0.4, 0.5) is 0 Å². The zero-order valence-corrected chi connectivity index (χ0v) is 41.0. The van der Waals surface area contributed by atoms with Crippen molar-refractivity contribution in [3.05, 3.63) is 0 Å². The lowest BCUT2D eigenvalue weighted by Crippen LogP contribution is -2.55. The average Bonchev–Trinajstić information content (AvgIpc) is 3.15. The van der Waals surface area contributed by atoms with E-state index in [4.69, 9.17) is 11.5 Å². The summed E-state index contributed by atoms with van der Waals surface area (Å²) in [6.45, 7) is 4.47. The number of hydrogen-bond donors (Lipinski definition) is 6. The number of primary amides is 2. The number of amides is 2. The Morgan fingerprint density at radius 2 is 0.548 bits per heavy atom. The van der Waals surface area contributed by atoms with Crippen LogP contribution >= 0.6 is 0 Å². The van der Waals surface area contributed by atoms with E-state index in [0.717, 1.165) is 38.5 Å². The van der Waals surface area contributed by atoms with Gasteiger partial charge in [0, 0.05) is 0 Å². The summed E-state index contributed by atoms with van der Waals surface area (Å²) in [6.07, 6.45) is 33.7. The fourth-order valence-corrected chi connectivity index (χ4v) is 9.53. The molecule has 2 atom stereocenters. The average molecular weight is 933 g/mol. The summed E-state index contributed by atoms with van der Waals surface area (Å²) in [7, 11) is -10.0. The molecule has 14 N–H and O–H groups in total. The first-order valence-corrected chi connectivity index (χ1v) is 26.2. The zero-order chi connectivity index (χ0) is 45.8. The number of quaternary nitrogens is 2. The molecule has 0 aromatic rings. The van der Waals surface area contributed by atoms with Gasteiger partial charge in [-0.25, -0.2) is 0 Å². The molecule has 18 heteroatoms. The fraction of sp³-hybridized carbons (Fsp3) is 0.909. The smallest absolute Gasteiger partial charge is 0.276 e. The van der Waals surface area contributed by atoms with E-state index >= 15 is 0 Å². The van der Waals surface area contributed by atoms with Crippen LogP contribution in [0.15, 0.2) is 0 Å². The van der Waals surface area contributed by atoms with Crippen molar-refractivity contribution in [2.45, 2.75) is 254 Å². The van der Waals surface area contributed by atoms with Crippen LogP contribution in [0.2, 0.25) is 0 Å². The Morgan fingerprint density at radius 1 is 0.387 bits per heavy atom. The van der Waals surface area contributed by atoms with Crippen LogP contribution in [0.5, 0.6) is 0 Å². The molecule has 0 fully saturated rings. The third-order valence-corrected chi connectivity index (χ3v) is 14.5. The highest BCUT2D eigenvalue weighted by Crippen LogP contribution is 2.29. The quantitative estimate of drug-likeness (QED) is 0.0248. The molecular formula is C44H92N4O12S2. The van der Waals surface area contributed by atoms with Crippen LogP contribution in [0.3, 0.4) is 0 Å². The monoisotopic (exact) mass is 933 g/mol. The van der Waals surface area contributed by atoms with Gasteiger partial charge in [0.25, 0.3) is 20.2 Å². The summed E-state index contributed by atoms with van der Waals surface area (Å²) >= 11 is 0. The molecule has 0 aromatic carbocycles. The molecule has 0 radical (unpaired) electrons. The molecule has 0 heterocycles. The predicted octanol–water partition coefficient (Wildman–Crippen LogP) is 8.53. The summed E-state index contributed by atoms with van der Waals surface area (Å²) < 4.78 is 59.5. The molecule has 0 saturated carbocycles. The highest BCUT2D eigenvalue weighted by atomic mass is 32.2. The Morgan fingerprint density at radius 3 is 0.677 bits per heavy atom. The molecule has 16 nitrogen and oxygen atoms in total. The van der Waals surface area contributed by atoms with E-state index in [1.54, 1.807) is 0 Å². The molecule has 0 saturated heterocycles. The van der Waals surface area contributed by atoms with Gasteiger partial charge in [0.05, 0.1) is 24.8 Å². The minimum Gasteiger partial charge on any atom is -0.548 e. The van der Waals surface area contributed by atoms with Gasteiger partial charge in [0.15, 0.2) is 0 Å². The van der Waals surface area contributed by atoms with Gasteiger partial charge in [-0.1, -0.05) is 219 Å². The Hall–Kier alpha value is -2.38. The highest BCUT2D eigenvalue weighted by Gasteiger charge is 2.46. The van der Waals surface area contributed by atoms with Crippen molar-refractivity contribution in [1.82, 2.24) is 12.3 Å². The van der Waals surface area contributed by atoms with E-state index in [2.05, 4.69) is 13.8 Å². The number of carboxylic acids is 2. The third kappa shape index (κ3) is 32.3. The van der Waals surface area contributed by atoms with Crippen LogP contribution in [0.1, 0.15) is 245 Å². The maximum Gasteiger partial charge on any atom is 0.276 e. The number of carbonyl (C=O) groups excluding carboxylic acids is 4. The van der Waals surface area contributed by atoms with Crippen molar-refractivity contribution in [3.8, 4) is 0 Å². The summed E-state index contributed by atoms with van der Waals surface area (Å²) in [5.41, 5.74) is 9.94. The second-order valence-corrected chi connectivity index (χ2v) is 20.4. The van der Waals surface area contributed by atoms with Gasteiger partial charge in [-0.15, -0.1) is 0 Å². The Bertz CT molecular complexity index is 1270. The first-order chi connectivity index (χ1) is 28.3. The highest BCUT2D eigenvalue weighted by molar-refractivity contribution is 7.88. The molecule has 0 aliphatic carbocycles. The Balaban J connectivity index is -0.000000526. The van der Waals surface area contributed by atoms with E-state index in [1.807, 2.05) is 0 Å². The van der Waals surface area contributed by atoms with E-state index in [1.165, 1.54) is 141 Å². The lowest BCUT2D eigenvalue weighted by molar-refractivity contribution is -0.311. The number of carboxylic acid groups (broad SMARTS) is 2. The molecule has 2 amide bonds. The molecule has 0 bridgehead atoms. The minimum absolute atomic E-state index is 0. The Kier molecular flexibility index (Phi) is 42.9. The first-order valence-electron chi connectivity index (χ1n) is 23.3. The molecule has 0 spiro atoms. The van der Waals surface area contributed by atoms with Crippen LogP contribution in [-0.4, -0.2) is 59.2 Å². The molecule has 0 aliphatic heterocycles. The first kappa shape index (κ1) is 66.2. The standard InChI is InChI=1S/2C22H43NO6S.2H3N/c2*1-2-3-4-5-6-7-8-9-10-11-12-13-14-15-16-17-18-22(21(25)26,19-20(23)24)30(27,28)29;;/h2*2-19H2,1H3,(H2,23,24)(H,25,26)(H,27,28,29);2*1H3. The van der Waals surface area contributed by atoms with Crippen LogP contribution in [0, 0.1) is 0 Å². The second kappa shape index (κ2) is 40.2. The number of nitrogens with two attached hydrogens (primary N) is 2. The lowest BCUT2D eigenvalue weighted by Gasteiger charge is -2.30. The van der Waals surface area contributed by atoms with E-state index < -0.39 is 66.3 Å². The molecule has 372 valence electrons. The number of aliphatic carboxylic acids is 2. The number of rotatable bonds is 42. The van der Waals surface area contributed by atoms with Crippen molar-refractivity contribution >= 4 is 44.0 Å². The van der Waals surface area contributed by atoms with Gasteiger partial charge in [-0.2, -0.15) is 16.8 Å². The summed E-state index contributed by atoms with van der Waals surface area (Å²) in [5.74, 6) is -6.17. The van der Waals surface area contributed by atoms with Gasteiger partial charge < -0.3 is 43.6 Å². The Labute approximate surface area is 376 Å². The number of carbonyl (C=O) groups is 4. The van der Waals surface area contributed by atoms with Gasteiger partial charge in [-0.05, 0) is 12.8 Å². The normalized spacial score (nSPS) is 13.4. The van der Waals surface area contributed by atoms with Crippen molar-refractivity contribution in [1.29, 1.82) is 0 Å². The predicted molar refractivity (Wildman–Crippen MR) is 246 cm³/mol. The molecular weight excluding hydrogens is 841 g/mol. The molecule has 0 aromatic heterocycles. The SMILES string of the molecule is CCCCCCCCCCCCCCCCCCC(CC(N)=O)(C(=O)[O-])S(=O)(=O)O.CCCCCCCCCCCCCCCCCCC(CC(N)=O)(C(=O)[O-])S(=O)(=O)O.[NH4+].[NH4+]. The molecule has 2 unspecified atom stereocenters. The minimum atomic E-state index is -5.00. The fourth-order valence-electron chi connectivity index (χ4n) is 7.66. The summed E-state index contributed by atoms with van der Waals surface area (Å²) in [4.78, 5) is 44.9. The van der Waals surface area contributed by atoms with E-state index in [0.29, 0.717) is 12.8 Å². The van der Waals surface area contributed by atoms with Gasteiger partial charge in [0.1, 0.15) is 9.49 Å².